The van der Waals surface area contributed by atoms with Gasteiger partial charge in [0.15, 0.2) is 0 Å². The standard InChI is InChI=1S/C5H9Cl3O.C2H4O2/c6-1-5(2-7,3-8)4-9;1-2(3)4/h9H,1-4H2;1H3,(H,3,4). The summed E-state index contributed by atoms with van der Waals surface area (Å²) in [5.74, 6) is 0.0729. The molecule has 0 spiro atoms. The van der Waals surface area contributed by atoms with Crippen LogP contribution in [0.3, 0.4) is 0 Å². The van der Waals surface area contributed by atoms with Crippen molar-refractivity contribution < 1.29 is 15.0 Å². The summed E-state index contributed by atoms with van der Waals surface area (Å²) >= 11 is 16.5. The molecule has 0 bridgehead atoms. The van der Waals surface area contributed by atoms with Crippen LogP contribution in [0.25, 0.3) is 0 Å². The maximum Gasteiger partial charge on any atom is 0.300 e. The SMILES string of the molecule is CC(=O)O.OCC(CCl)(CCl)CCl. The summed E-state index contributed by atoms with van der Waals surface area (Å²) in [7, 11) is 0. The number of aliphatic carboxylic acids is 1. The minimum atomic E-state index is -0.833. The highest BCUT2D eigenvalue weighted by Crippen LogP contribution is 2.21. The molecule has 0 amide bonds. The van der Waals surface area contributed by atoms with Crippen molar-refractivity contribution in [3.8, 4) is 0 Å². The molecule has 0 aliphatic heterocycles. The molecular formula is C7H13Cl3O3. The number of aliphatic hydroxyl groups excluding tert-OH is 1. The zero-order valence-corrected chi connectivity index (χ0v) is 9.53. The van der Waals surface area contributed by atoms with Gasteiger partial charge in [-0.2, -0.15) is 0 Å². The zero-order valence-electron chi connectivity index (χ0n) is 7.26. The maximum absolute atomic E-state index is 9.00. The Kier molecular flexibility index (Phi) is 10.8. The summed E-state index contributed by atoms with van der Waals surface area (Å²) in [6.45, 7) is 1.03. The summed E-state index contributed by atoms with van der Waals surface area (Å²) in [6.07, 6.45) is 0. The molecule has 0 aliphatic carbocycles. The predicted molar refractivity (Wildman–Crippen MR) is 55.0 cm³/mol. The summed E-state index contributed by atoms with van der Waals surface area (Å²) in [5.41, 5.74) is -0.481. The van der Waals surface area contributed by atoms with Gasteiger partial charge < -0.3 is 10.2 Å². The molecule has 0 radical (unpaired) electrons. The van der Waals surface area contributed by atoms with E-state index < -0.39 is 11.4 Å². The number of halogens is 3. The first kappa shape index (κ1) is 15.8. The molecule has 6 heteroatoms. The third-order valence-corrected chi connectivity index (χ3v) is 2.89. The molecule has 0 fully saturated rings. The fourth-order valence-electron chi connectivity index (χ4n) is 0.234. The van der Waals surface area contributed by atoms with Crippen LogP contribution in [0.15, 0.2) is 0 Å². The Morgan fingerprint density at radius 3 is 1.46 bits per heavy atom. The lowest BCUT2D eigenvalue weighted by Crippen LogP contribution is -2.31. The fourth-order valence-corrected chi connectivity index (χ4v) is 1.34. The van der Waals surface area contributed by atoms with Gasteiger partial charge in [0.05, 0.1) is 6.61 Å². The highest BCUT2D eigenvalue weighted by Gasteiger charge is 2.26. The van der Waals surface area contributed by atoms with Gasteiger partial charge in [0, 0.05) is 30.0 Å². The number of hydrogen-bond acceptors (Lipinski definition) is 2. The van der Waals surface area contributed by atoms with Gasteiger partial charge in [0.1, 0.15) is 0 Å². The molecule has 3 nitrogen and oxygen atoms in total. The lowest BCUT2D eigenvalue weighted by molar-refractivity contribution is -0.134. The summed E-state index contributed by atoms with van der Waals surface area (Å²) in [6, 6.07) is 0. The molecular weight excluding hydrogens is 238 g/mol. The smallest absolute Gasteiger partial charge is 0.300 e. The second kappa shape index (κ2) is 8.88. The molecule has 0 saturated carbocycles. The Morgan fingerprint density at radius 1 is 1.23 bits per heavy atom. The van der Waals surface area contributed by atoms with Gasteiger partial charge in [-0.05, 0) is 0 Å². The number of carbonyl (C=O) groups is 1. The molecule has 0 saturated heterocycles. The lowest BCUT2D eigenvalue weighted by atomic mass is 9.98. The number of rotatable bonds is 4. The largest absolute Gasteiger partial charge is 0.481 e. The molecule has 80 valence electrons. The minimum absolute atomic E-state index is 0.0521. The van der Waals surface area contributed by atoms with Gasteiger partial charge >= 0.3 is 0 Å². The molecule has 0 aliphatic rings. The van der Waals surface area contributed by atoms with Crippen molar-refractivity contribution in [2.45, 2.75) is 6.92 Å². The summed E-state index contributed by atoms with van der Waals surface area (Å²) in [5, 5.41) is 16.1. The average molecular weight is 252 g/mol. The van der Waals surface area contributed by atoms with E-state index in [-0.39, 0.29) is 6.61 Å². The molecule has 0 atom stereocenters. The molecule has 0 aromatic carbocycles. The van der Waals surface area contributed by atoms with Crippen molar-refractivity contribution in [1.82, 2.24) is 0 Å². The lowest BCUT2D eigenvalue weighted by Gasteiger charge is -2.23. The van der Waals surface area contributed by atoms with Crippen LogP contribution in [0.1, 0.15) is 6.92 Å². The first-order chi connectivity index (χ1) is 5.97. The van der Waals surface area contributed by atoms with E-state index in [9.17, 15) is 0 Å². The van der Waals surface area contributed by atoms with Crippen LogP contribution in [0.4, 0.5) is 0 Å². The van der Waals surface area contributed by atoms with E-state index in [0.717, 1.165) is 6.92 Å². The number of aliphatic hydroxyl groups is 1. The number of hydrogen-bond donors (Lipinski definition) is 2. The monoisotopic (exact) mass is 250 g/mol. The third kappa shape index (κ3) is 8.63. The highest BCUT2D eigenvalue weighted by atomic mass is 35.5. The molecule has 0 rings (SSSR count). The molecule has 2 N–H and O–H groups in total. The van der Waals surface area contributed by atoms with Crippen molar-refractivity contribution in [2.24, 2.45) is 5.41 Å². The zero-order chi connectivity index (χ0) is 10.9. The van der Waals surface area contributed by atoms with Gasteiger partial charge in [0.2, 0.25) is 0 Å². The fraction of sp³-hybridized carbons (Fsp3) is 0.857. The Bertz CT molecular complexity index is 115. The molecule has 0 heterocycles. The topological polar surface area (TPSA) is 57.5 Å². The van der Waals surface area contributed by atoms with Crippen molar-refractivity contribution in [2.75, 3.05) is 24.2 Å². The first-order valence-electron chi connectivity index (χ1n) is 3.46. The predicted octanol–water partition coefficient (Wildman–Crippen LogP) is 1.77. The van der Waals surface area contributed by atoms with E-state index >= 15 is 0 Å². The van der Waals surface area contributed by atoms with Crippen LogP contribution >= 0.6 is 34.8 Å². The number of alkyl halides is 3. The van der Waals surface area contributed by atoms with E-state index in [4.69, 9.17) is 49.8 Å². The maximum atomic E-state index is 9.00. The van der Waals surface area contributed by atoms with E-state index in [1.807, 2.05) is 0 Å². The average Bonchev–Trinajstić information content (AvgIpc) is 2.09. The Morgan fingerprint density at radius 2 is 1.46 bits per heavy atom. The van der Waals surface area contributed by atoms with Crippen LogP contribution < -0.4 is 0 Å². The first-order valence-corrected chi connectivity index (χ1v) is 5.06. The second-order valence-electron chi connectivity index (χ2n) is 2.58. The summed E-state index contributed by atoms with van der Waals surface area (Å²) in [4.78, 5) is 9.00. The van der Waals surface area contributed by atoms with Crippen molar-refractivity contribution in [3.05, 3.63) is 0 Å². The van der Waals surface area contributed by atoms with Crippen LogP contribution in [0, 0.1) is 5.41 Å². The Hall–Kier alpha value is 0.300. The van der Waals surface area contributed by atoms with Gasteiger partial charge in [0.25, 0.3) is 5.97 Å². The van der Waals surface area contributed by atoms with Gasteiger partial charge in [-0.15, -0.1) is 34.8 Å². The number of carboxylic acid groups (broad SMARTS) is 1. The second-order valence-corrected chi connectivity index (χ2v) is 3.38. The van der Waals surface area contributed by atoms with Crippen molar-refractivity contribution in [3.63, 3.8) is 0 Å². The molecule has 0 aromatic rings. The third-order valence-electron chi connectivity index (χ3n) is 1.19. The van der Waals surface area contributed by atoms with E-state index in [1.165, 1.54) is 0 Å². The van der Waals surface area contributed by atoms with Crippen molar-refractivity contribution in [1.29, 1.82) is 0 Å². The summed E-state index contributed by atoms with van der Waals surface area (Å²) < 4.78 is 0. The normalized spacial score (nSPS) is 10.2. The van der Waals surface area contributed by atoms with Gasteiger partial charge in [-0.25, -0.2) is 0 Å². The van der Waals surface area contributed by atoms with Gasteiger partial charge in [-0.1, -0.05) is 0 Å². The van der Waals surface area contributed by atoms with Crippen LogP contribution in [-0.4, -0.2) is 40.4 Å². The van der Waals surface area contributed by atoms with Crippen LogP contribution in [0.5, 0.6) is 0 Å². The molecule has 0 unspecified atom stereocenters. The van der Waals surface area contributed by atoms with Crippen LogP contribution in [-0.2, 0) is 4.79 Å². The van der Waals surface area contributed by atoms with Gasteiger partial charge in [-0.3, -0.25) is 4.79 Å². The van der Waals surface area contributed by atoms with Crippen LogP contribution in [0.2, 0.25) is 0 Å². The van der Waals surface area contributed by atoms with Crippen molar-refractivity contribution >= 4 is 40.8 Å². The minimum Gasteiger partial charge on any atom is -0.481 e. The Labute approximate surface area is 92.6 Å². The van der Waals surface area contributed by atoms with E-state index in [1.54, 1.807) is 0 Å². The molecule has 0 aromatic heterocycles. The van der Waals surface area contributed by atoms with E-state index in [2.05, 4.69) is 0 Å². The Balaban J connectivity index is 0. The van der Waals surface area contributed by atoms with E-state index in [0.29, 0.717) is 17.6 Å². The quantitative estimate of drug-likeness (QED) is 0.749. The molecule has 13 heavy (non-hydrogen) atoms. The highest BCUT2D eigenvalue weighted by molar-refractivity contribution is 6.24. The number of carboxylic acids is 1.